The van der Waals surface area contributed by atoms with Crippen LogP contribution in [0.4, 0.5) is 0 Å². The number of carbonyl (C=O) groups excluding carboxylic acids is 1. The lowest BCUT2D eigenvalue weighted by Gasteiger charge is -2.20. The summed E-state index contributed by atoms with van der Waals surface area (Å²) in [5, 5.41) is 0. The second-order valence-electron chi connectivity index (χ2n) is 4.10. The Morgan fingerprint density at radius 2 is 2.22 bits per heavy atom. The molecule has 0 atom stereocenters. The number of benzene rings is 1. The van der Waals surface area contributed by atoms with Crippen molar-refractivity contribution in [3.8, 4) is 5.75 Å². The summed E-state index contributed by atoms with van der Waals surface area (Å²) in [7, 11) is 1.61. The van der Waals surface area contributed by atoms with Crippen molar-refractivity contribution in [1.29, 1.82) is 0 Å². The van der Waals surface area contributed by atoms with Gasteiger partial charge in [-0.25, -0.2) is 0 Å². The molecule has 1 heterocycles. The maximum atomic E-state index is 12.5. The van der Waals surface area contributed by atoms with Crippen LogP contribution < -0.4 is 4.74 Å². The molecule has 0 aliphatic carbocycles. The van der Waals surface area contributed by atoms with Crippen LogP contribution in [0.2, 0.25) is 0 Å². The molecule has 1 amide bonds. The second kappa shape index (κ2) is 6.48. The van der Waals surface area contributed by atoms with Gasteiger partial charge in [0.15, 0.2) is 0 Å². The molecule has 18 heavy (non-hydrogen) atoms. The quantitative estimate of drug-likeness (QED) is 0.835. The summed E-state index contributed by atoms with van der Waals surface area (Å²) < 4.78 is 6.00. The van der Waals surface area contributed by atoms with Gasteiger partial charge in [0.05, 0.1) is 12.7 Å². The largest absolute Gasteiger partial charge is 0.497 e. The lowest BCUT2D eigenvalue weighted by Crippen LogP contribution is -2.33. The molecule has 3 nitrogen and oxygen atoms in total. The van der Waals surface area contributed by atoms with Crippen molar-refractivity contribution < 1.29 is 9.53 Å². The summed E-state index contributed by atoms with van der Waals surface area (Å²) in [6.07, 6.45) is 1.07. The molecule has 1 aromatic rings. The highest BCUT2D eigenvalue weighted by Crippen LogP contribution is 2.24. The fraction of sp³-hybridized carbons (Fsp3) is 0.462. The van der Waals surface area contributed by atoms with E-state index in [2.05, 4.69) is 15.9 Å². The third-order valence-electron chi connectivity index (χ3n) is 2.91. The first-order valence-electron chi connectivity index (χ1n) is 5.93. The van der Waals surface area contributed by atoms with Gasteiger partial charge in [0, 0.05) is 23.3 Å². The second-order valence-corrected chi connectivity index (χ2v) is 6.18. The zero-order valence-electron chi connectivity index (χ0n) is 10.3. The number of hydrogen-bond acceptors (Lipinski definition) is 3. The van der Waals surface area contributed by atoms with E-state index in [1.54, 1.807) is 13.2 Å². The van der Waals surface area contributed by atoms with Crippen LogP contribution in [0.3, 0.4) is 0 Å². The van der Waals surface area contributed by atoms with E-state index in [1.807, 2.05) is 28.8 Å². The van der Waals surface area contributed by atoms with E-state index < -0.39 is 0 Å². The van der Waals surface area contributed by atoms with E-state index in [4.69, 9.17) is 4.74 Å². The smallest absolute Gasteiger partial charge is 0.255 e. The van der Waals surface area contributed by atoms with Gasteiger partial charge in [0.25, 0.3) is 5.91 Å². The lowest BCUT2D eigenvalue weighted by atomic mass is 10.2. The summed E-state index contributed by atoms with van der Waals surface area (Å²) >= 11 is 5.35. The molecule has 0 bridgehead atoms. The number of carbonyl (C=O) groups is 1. The van der Waals surface area contributed by atoms with Gasteiger partial charge in [0.2, 0.25) is 0 Å². The number of hydrogen-bond donors (Lipinski definition) is 0. The standard InChI is InChI=1S/C13H16BrNO2S/c1-17-10-3-4-12(14)11(9-10)13(16)15-5-2-7-18-8-6-15/h3-4,9H,2,5-8H2,1H3. The van der Waals surface area contributed by atoms with Crippen molar-refractivity contribution in [2.45, 2.75) is 6.42 Å². The summed E-state index contributed by atoms with van der Waals surface area (Å²) in [5.41, 5.74) is 0.682. The van der Waals surface area contributed by atoms with Crippen molar-refractivity contribution in [3.05, 3.63) is 28.2 Å². The number of nitrogens with zero attached hydrogens (tertiary/aromatic N) is 1. The van der Waals surface area contributed by atoms with Crippen molar-refractivity contribution in [1.82, 2.24) is 4.90 Å². The van der Waals surface area contributed by atoms with Crippen molar-refractivity contribution in [2.75, 3.05) is 31.7 Å². The van der Waals surface area contributed by atoms with E-state index >= 15 is 0 Å². The molecule has 1 saturated heterocycles. The number of thioether (sulfide) groups is 1. The van der Waals surface area contributed by atoms with Crippen molar-refractivity contribution in [2.24, 2.45) is 0 Å². The minimum atomic E-state index is 0.0864. The average molecular weight is 330 g/mol. The highest BCUT2D eigenvalue weighted by atomic mass is 79.9. The van der Waals surface area contributed by atoms with Gasteiger partial charge >= 0.3 is 0 Å². The summed E-state index contributed by atoms with van der Waals surface area (Å²) in [5.74, 6) is 2.96. The van der Waals surface area contributed by atoms with Gasteiger partial charge in [-0.3, -0.25) is 4.79 Å². The Morgan fingerprint density at radius 1 is 1.39 bits per heavy atom. The molecule has 1 aromatic carbocycles. The highest BCUT2D eigenvalue weighted by Gasteiger charge is 2.20. The number of methoxy groups -OCH3 is 1. The van der Waals surface area contributed by atoms with E-state index in [1.165, 1.54) is 0 Å². The molecule has 98 valence electrons. The number of halogens is 1. The zero-order valence-corrected chi connectivity index (χ0v) is 12.7. The van der Waals surface area contributed by atoms with Crippen molar-refractivity contribution in [3.63, 3.8) is 0 Å². The molecule has 5 heteroatoms. The summed E-state index contributed by atoms with van der Waals surface area (Å²) in [4.78, 5) is 14.4. The van der Waals surface area contributed by atoms with Crippen LogP contribution in [0, 0.1) is 0 Å². The highest BCUT2D eigenvalue weighted by molar-refractivity contribution is 9.10. The van der Waals surface area contributed by atoms with Gasteiger partial charge in [-0.1, -0.05) is 0 Å². The zero-order chi connectivity index (χ0) is 13.0. The Bertz CT molecular complexity index is 431. The minimum Gasteiger partial charge on any atom is -0.497 e. The van der Waals surface area contributed by atoms with Crippen LogP contribution in [0.15, 0.2) is 22.7 Å². The van der Waals surface area contributed by atoms with Crippen LogP contribution in [-0.2, 0) is 0 Å². The molecule has 1 aliphatic rings. The molecule has 0 aromatic heterocycles. The first-order valence-corrected chi connectivity index (χ1v) is 7.87. The lowest BCUT2D eigenvalue weighted by molar-refractivity contribution is 0.0767. The molecule has 0 spiro atoms. The molecule has 1 fully saturated rings. The Balaban J connectivity index is 2.21. The van der Waals surface area contributed by atoms with Crippen LogP contribution in [0.25, 0.3) is 0 Å². The first-order chi connectivity index (χ1) is 8.72. The van der Waals surface area contributed by atoms with Gasteiger partial charge in [-0.15, -0.1) is 0 Å². The Kier molecular flexibility index (Phi) is 4.95. The SMILES string of the molecule is COc1ccc(Br)c(C(=O)N2CCCSCC2)c1. The maximum Gasteiger partial charge on any atom is 0.255 e. The first kappa shape index (κ1) is 13.7. The van der Waals surface area contributed by atoms with Crippen LogP contribution in [-0.4, -0.2) is 42.5 Å². The molecule has 0 N–H and O–H groups in total. The average Bonchev–Trinajstić information content (AvgIpc) is 2.67. The third-order valence-corrected chi connectivity index (χ3v) is 4.65. The Labute approximate surface area is 120 Å². The van der Waals surface area contributed by atoms with Crippen LogP contribution in [0.5, 0.6) is 5.75 Å². The van der Waals surface area contributed by atoms with Crippen molar-refractivity contribution >= 4 is 33.6 Å². The normalized spacial score (nSPS) is 16.2. The topological polar surface area (TPSA) is 29.5 Å². The van der Waals surface area contributed by atoms with E-state index in [-0.39, 0.29) is 5.91 Å². The molecular formula is C13H16BrNO2S. The van der Waals surface area contributed by atoms with Gasteiger partial charge in [0.1, 0.15) is 5.75 Å². The molecule has 2 rings (SSSR count). The fourth-order valence-corrected chi connectivity index (χ4v) is 3.22. The molecule has 0 radical (unpaired) electrons. The van der Waals surface area contributed by atoms with Gasteiger partial charge < -0.3 is 9.64 Å². The van der Waals surface area contributed by atoms with Crippen LogP contribution >= 0.6 is 27.7 Å². The minimum absolute atomic E-state index is 0.0864. The monoisotopic (exact) mass is 329 g/mol. The summed E-state index contributed by atoms with van der Waals surface area (Å²) in [6, 6.07) is 5.50. The van der Waals surface area contributed by atoms with E-state index in [0.717, 1.165) is 35.5 Å². The van der Waals surface area contributed by atoms with Gasteiger partial charge in [-0.2, -0.15) is 11.8 Å². The fourth-order valence-electron chi connectivity index (χ4n) is 1.91. The summed E-state index contributed by atoms with van der Waals surface area (Å²) in [6.45, 7) is 1.67. The molecule has 1 aliphatic heterocycles. The van der Waals surface area contributed by atoms with E-state index in [0.29, 0.717) is 11.3 Å². The predicted octanol–water partition coefficient (Wildman–Crippen LogP) is 3.04. The third kappa shape index (κ3) is 3.20. The molecular weight excluding hydrogens is 314 g/mol. The number of ether oxygens (including phenoxy) is 1. The molecule has 0 unspecified atom stereocenters. The predicted molar refractivity (Wildman–Crippen MR) is 78.5 cm³/mol. The van der Waals surface area contributed by atoms with E-state index in [9.17, 15) is 4.79 Å². The number of rotatable bonds is 2. The Morgan fingerprint density at radius 3 is 3.00 bits per heavy atom. The van der Waals surface area contributed by atoms with Crippen LogP contribution in [0.1, 0.15) is 16.8 Å². The Hall–Kier alpha value is -0.680. The maximum absolute atomic E-state index is 12.5. The van der Waals surface area contributed by atoms with Gasteiger partial charge in [-0.05, 0) is 46.3 Å². The number of amides is 1. The molecule has 0 saturated carbocycles.